The van der Waals surface area contributed by atoms with Crippen molar-refractivity contribution in [3.63, 3.8) is 0 Å². The van der Waals surface area contributed by atoms with Crippen LogP contribution >= 0.6 is 22.9 Å². The van der Waals surface area contributed by atoms with E-state index in [0.717, 1.165) is 5.69 Å². The van der Waals surface area contributed by atoms with Crippen LogP contribution in [0.15, 0.2) is 35.2 Å². The molecule has 0 aliphatic heterocycles. The molecule has 1 aromatic carbocycles. The van der Waals surface area contributed by atoms with E-state index >= 15 is 0 Å². The number of carbonyl (C=O) groups is 1. The van der Waals surface area contributed by atoms with Crippen molar-refractivity contribution in [2.24, 2.45) is 0 Å². The molecule has 0 radical (unpaired) electrons. The average molecular weight is 321 g/mol. The van der Waals surface area contributed by atoms with E-state index in [2.05, 4.69) is 15.3 Å². The van der Waals surface area contributed by atoms with Gasteiger partial charge in [0.05, 0.1) is 17.7 Å². The lowest BCUT2D eigenvalue weighted by Crippen LogP contribution is -2.06. The number of hydrogen-bond donors (Lipinski definition) is 1. The van der Waals surface area contributed by atoms with Crippen LogP contribution in [0.5, 0.6) is 0 Å². The van der Waals surface area contributed by atoms with Crippen LogP contribution in [-0.2, 0) is 6.54 Å². The monoisotopic (exact) mass is 320 g/mol. The number of carboxylic acids is 1. The van der Waals surface area contributed by atoms with Gasteiger partial charge in [-0.1, -0.05) is 28.9 Å². The molecule has 0 atom stereocenters. The first kappa shape index (κ1) is 13.7. The van der Waals surface area contributed by atoms with E-state index in [4.69, 9.17) is 11.6 Å². The third-order valence-corrected chi connectivity index (χ3v) is 3.74. The molecule has 0 saturated heterocycles. The summed E-state index contributed by atoms with van der Waals surface area (Å²) in [6.07, 6.45) is 0. The molecule has 3 rings (SSSR count). The zero-order chi connectivity index (χ0) is 14.8. The Labute approximate surface area is 128 Å². The molecule has 0 aliphatic carbocycles. The van der Waals surface area contributed by atoms with Crippen LogP contribution in [0.4, 0.5) is 0 Å². The fraction of sp³-hybridized carbons (Fsp3) is 0.0769. The van der Waals surface area contributed by atoms with Gasteiger partial charge in [0.1, 0.15) is 5.69 Å². The van der Waals surface area contributed by atoms with Crippen molar-refractivity contribution in [3.8, 4) is 11.3 Å². The fourth-order valence-electron chi connectivity index (χ4n) is 1.93. The van der Waals surface area contributed by atoms with Gasteiger partial charge in [0.25, 0.3) is 0 Å². The Balaban J connectivity index is 2.08. The van der Waals surface area contributed by atoms with E-state index in [1.54, 1.807) is 29.8 Å². The Bertz CT molecular complexity index is 768. The van der Waals surface area contributed by atoms with Gasteiger partial charge >= 0.3 is 5.97 Å². The average Bonchev–Trinajstić information content (AvgIpc) is 3.10. The maximum Gasteiger partial charge on any atom is 0.358 e. The second-order valence-electron chi connectivity index (χ2n) is 4.24. The van der Waals surface area contributed by atoms with Crippen LogP contribution in [0.3, 0.4) is 0 Å². The van der Waals surface area contributed by atoms with Gasteiger partial charge < -0.3 is 5.11 Å². The number of thiazole rings is 1. The summed E-state index contributed by atoms with van der Waals surface area (Å²) >= 11 is 7.34. The summed E-state index contributed by atoms with van der Waals surface area (Å²) in [7, 11) is 0. The van der Waals surface area contributed by atoms with Gasteiger partial charge in [0.2, 0.25) is 0 Å². The van der Waals surface area contributed by atoms with Crippen LogP contribution in [-0.4, -0.2) is 31.1 Å². The van der Waals surface area contributed by atoms with Gasteiger partial charge in [-0.25, -0.2) is 14.5 Å². The highest BCUT2D eigenvalue weighted by Gasteiger charge is 2.20. The zero-order valence-electron chi connectivity index (χ0n) is 10.6. The molecule has 0 aliphatic rings. The van der Waals surface area contributed by atoms with Gasteiger partial charge in [-0.05, 0) is 12.1 Å². The number of aromatic nitrogens is 4. The first-order chi connectivity index (χ1) is 10.1. The number of benzene rings is 1. The molecule has 0 bridgehead atoms. The topological polar surface area (TPSA) is 80.9 Å². The highest BCUT2D eigenvalue weighted by atomic mass is 35.5. The third kappa shape index (κ3) is 2.79. The van der Waals surface area contributed by atoms with Crippen molar-refractivity contribution in [3.05, 3.63) is 51.6 Å². The molecule has 0 saturated carbocycles. The fourth-order valence-corrected chi connectivity index (χ4v) is 2.61. The maximum absolute atomic E-state index is 11.3. The molecule has 6 nitrogen and oxygen atoms in total. The van der Waals surface area contributed by atoms with E-state index in [1.807, 2.05) is 5.38 Å². The standard InChI is InChI=1S/C13H9ClN4O2S/c14-9-3-1-8(2-4-9)12-11(13(19)20)16-17-18(12)5-10-6-21-7-15-10/h1-4,6-7H,5H2,(H,19,20). The molecule has 8 heteroatoms. The number of nitrogens with zero attached hydrogens (tertiary/aromatic N) is 4. The zero-order valence-corrected chi connectivity index (χ0v) is 12.2. The van der Waals surface area contributed by atoms with Gasteiger partial charge in [-0.3, -0.25) is 0 Å². The smallest absolute Gasteiger partial charge is 0.358 e. The Hall–Kier alpha value is -2.25. The van der Waals surface area contributed by atoms with Crippen LogP contribution in [0, 0.1) is 0 Å². The molecular weight excluding hydrogens is 312 g/mol. The van der Waals surface area contributed by atoms with E-state index in [0.29, 0.717) is 22.8 Å². The summed E-state index contributed by atoms with van der Waals surface area (Å²) in [5, 5.41) is 19.4. The van der Waals surface area contributed by atoms with Crippen molar-refractivity contribution in [2.75, 3.05) is 0 Å². The highest BCUT2D eigenvalue weighted by molar-refractivity contribution is 7.07. The van der Waals surface area contributed by atoms with Crippen LogP contribution in [0.2, 0.25) is 5.02 Å². The minimum Gasteiger partial charge on any atom is -0.476 e. The SMILES string of the molecule is O=C(O)c1nnn(Cc2cscn2)c1-c1ccc(Cl)cc1. The molecule has 21 heavy (non-hydrogen) atoms. The van der Waals surface area contributed by atoms with Crippen LogP contribution in [0.25, 0.3) is 11.3 Å². The van der Waals surface area contributed by atoms with Crippen molar-refractivity contribution >= 4 is 28.9 Å². The first-order valence-corrected chi connectivity index (χ1v) is 7.27. The van der Waals surface area contributed by atoms with Crippen molar-refractivity contribution < 1.29 is 9.90 Å². The molecule has 3 aromatic rings. The predicted molar refractivity (Wildman–Crippen MR) is 78.6 cm³/mol. The number of halogens is 1. The molecule has 0 unspecified atom stereocenters. The molecule has 0 amide bonds. The minimum atomic E-state index is -1.12. The Morgan fingerprint density at radius 1 is 1.33 bits per heavy atom. The molecule has 0 fully saturated rings. The molecule has 2 aromatic heterocycles. The van der Waals surface area contributed by atoms with Gasteiger partial charge in [-0.15, -0.1) is 16.4 Å². The molecule has 106 valence electrons. The predicted octanol–water partition coefficient (Wildman–Crippen LogP) is 2.80. The van der Waals surface area contributed by atoms with Crippen LogP contribution in [0.1, 0.15) is 16.2 Å². The number of aromatic carboxylic acids is 1. The summed E-state index contributed by atoms with van der Waals surface area (Å²) < 4.78 is 1.53. The van der Waals surface area contributed by atoms with Crippen molar-refractivity contribution in [1.82, 2.24) is 20.0 Å². The Kier molecular flexibility index (Phi) is 3.68. The lowest BCUT2D eigenvalue weighted by Gasteiger charge is -2.06. The highest BCUT2D eigenvalue weighted by Crippen LogP contribution is 2.24. The lowest BCUT2D eigenvalue weighted by atomic mass is 10.1. The number of carboxylic acid groups (broad SMARTS) is 1. The maximum atomic E-state index is 11.3. The van der Waals surface area contributed by atoms with E-state index < -0.39 is 5.97 Å². The number of hydrogen-bond acceptors (Lipinski definition) is 5. The third-order valence-electron chi connectivity index (χ3n) is 2.85. The summed E-state index contributed by atoms with van der Waals surface area (Å²) in [5.74, 6) is -1.12. The van der Waals surface area contributed by atoms with Gasteiger partial charge in [-0.2, -0.15) is 0 Å². The van der Waals surface area contributed by atoms with Gasteiger partial charge in [0.15, 0.2) is 5.69 Å². The summed E-state index contributed by atoms with van der Waals surface area (Å²) in [6.45, 7) is 0.363. The van der Waals surface area contributed by atoms with Crippen LogP contribution < -0.4 is 0 Å². The van der Waals surface area contributed by atoms with E-state index in [1.165, 1.54) is 16.0 Å². The van der Waals surface area contributed by atoms with Crippen molar-refractivity contribution in [1.29, 1.82) is 0 Å². The molecule has 2 heterocycles. The second kappa shape index (κ2) is 5.63. The lowest BCUT2D eigenvalue weighted by molar-refractivity contribution is 0.0691. The summed E-state index contributed by atoms with van der Waals surface area (Å²) in [4.78, 5) is 15.5. The molecule has 1 N–H and O–H groups in total. The largest absolute Gasteiger partial charge is 0.476 e. The quantitative estimate of drug-likeness (QED) is 0.799. The number of rotatable bonds is 4. The van der Waals surface area contributed by atoms with E-state index in [9.17, 15) is 9.90 Å². The first-order valence-electron chi connectivity index (χ1n) is 5.95. The minimum absolute atomic E-state index is 0.0902. The van der Waals surface area contributed by atoms with Crippen molar-refractivity contribution in [2.45, 2.75) is 6.54 Å². The summed E-state index contributed by atoms with van der Waals surface area (Å²) in [5.41, 5.74) is 3.56. The summed E-state index contributed by atoms with van der Waals surface area (Å²) in [6, 6.07) is 6.88. The van der Waals surface area contributed by atoms with Gasteiger partial charge in [0, 0.05) is 16.0 Å². The Morgan fingerprint density at radius 2 is 2.10 bits per heavy atom. The normalized spacial score (nSPS) is 10.7. The molecule has 0 spiro atoms. The Morgan fingerprint density at radius 3 is 2.71 bits per heavy atom. The second-order valence-corrected chi connectivity index (χ2v) is 5.39. The van der Waals surface area contributed by atoms with E-state index in [-0.39, 0.29) is 5.69 Å². The molecular formula is C13H9ClN4O2S.